The summed E-state index contributed by atoms with van der Waals surface area (Å²) < 4.78 is 0. The second-order valence-corrected chi connectivity index (χ2v) is 6.59. The van der Waals surface area contributed by atoms with Gasteiger partial charge in [0.05, 0.1) is 0 Å². The normalized spacial score (nSPS) is 17.8. The van der Waals surface area contributed by atoms with Gasteiger partial charge < -0.3 is 10.2 Å². The molecule has 4 nitrogen and oxygen atoms in total. The van der Waals surface area contributed by atoms with Crippen LogP contribution in [0.15, 0.2) is 30.3 Å². The van der Waals surface area contributed by atoms with Gasteiger partial charge in [0.1, 0.15) is 17.5 Å². The summed E-state index contributed by atoms with van der Waals surface area (Å²) in [5.41, 5.74) is 2.42. The fourth-order valence-corrected chi connectivity index (χ4v) is 3.46. The largest absolute Gasteiger partial charge is 0.353 e. The second kappa shape index (κ2) is 7.65. The highest BCUT2D eigenvalue weighted by molar-refractivity contribution is 5.60. The Morgan fingerprint density at radius 1 is 1.12 bits per heavy atom. The van der Waals surface area contributed by atoms with Crippen molar-refractivity contribution >= 4 is 17.3 Å². The number of aromatic nitrogens is 2. The van der Waals surface area contributed by atoms with E-state index >= 15 is 0 Å². The lowest BCUT2D eigenvalue weighted by molar-refractivity contribution is 0.446. The molecule has 1 fully saturated rings. The third kappa shape index (κ3) is 3.86. The van der Waals surface area contributed by atoms with E-state index in [9.17, 15) is 0 Å². The van der Waals surface area contributed by atoms with Crippen LogP contribution < -0.4 is 10.2 Å². The van der Waals surface area contributed by atoms with Gasteiger partial charge in [-0.1, -0.05) is 26.0 Å². The molecule has 0 aliphatic carbocycles. The first-order chi connectivity index (χ1) is 11.7. The lowest BCUT2D eigenvalue weighted by Crippen LogP contribution is -2.39. The first-order valence-electron chi connectivity index (χ1n) is 9.18. The summed E-state index contributed by atoms with van der Waals surface area (Å²) in [4.78, 5) is 11.7. The van der Waals surface area contributed by atoms with Crippen molar-refractivity contribution in [3.63, 3.8) is 0 Å². The van der Waals surface area contributed by atoms with Gasteiger partial charge in [-0.05, 0) is 56.7 Å². The molecular weight excluding hydrogens is 296 g/mol. The van der Waals surface area contributed by atoms with Crippen molar-refractivity contribution in [2.24, 2.45) is 0 Å². The average Bonchev–Trinajstić information content (AvgIpc) is 2.62. The summed E-state index contributed by atoms with van der Waals surface area (Å²) in [7, 11) is 0. The molecule has 24 heavy (non-hydrogen) atoms. The third-order valence-corrected chi connectivity index (χ3v) is 4.85. The molecule has 3 rings (SSSR count). The van der Waals surface area contributed by atoms with Crippen molar-refractivity contribution in [3.05, 3.63) is 41.7 Å². The molecule has 0 saturated carbocycles. The number of nitrogens with one attached hydrogen (secondary N) is 1. The number of hydrogen-bond acceptors (Lipinski definition) is 4. The van der Waals surface area contributed by atoms with Crippen molar-refractivity contribution in [1.82, 2.24) is 9.97 Å². The lowest BCUT2D eigenvalue weighted by Gasteiger charge is -2.36. The molecule has 1 aliphatic heterocycles. The van der Waals surface area contributed by atoms with E-state index in [1.54, 1.807) is 0 Å². The number of benzene rings is 1. The Morgan fingerprint density at radius 3 is 2.62 bits per heavy atom. The second-order valence-electron chi connectivity index (χ2n) is 6.59. The molecule has 1 aromatic carbocycles. The number of aryl methyl sites for hydroxylation is 2. The topological polar surface area (TPSA) is 41.0 Å². The summed E-state index contributed by atoms with van der Waals surface area (Å²) in [6.07, 6.45) is 6.07. The van der Waals surface area contributed by atoms with Gasteiger partial charge in [-0.3, -0.25) is 0 Å². The van der Waals surface area contributed by atoms with E-state index in [0.717, 1.165) is 36.1 Å². The molecule has 4 heteroatoms. The van der Waals surface area contributed by atoms with E-state index < -0.39 is 0 Å². The summed E-state index contributed by atoms with van der Waals surface area (Å²) in [5.74, 6) is 2.75. The highest BCUT2D eigenvalue weighted by atomic mass is 15.2. The predicted molar refractivity (Wildman–Crippen MR) is 101 cm³/mol. The van der Waals surface area contributed by atoms with Gasteiger partial charge in [0.2, 0.25) is 0 Å². The van der Waals surface area contributed by atoms with Crippen LogP contribution >= 0.6 is 0 Å². The monoisotopic (exact) mass is 324 g/mol. The molecule has 0 radical (unpaired) electrons. The molecule has 1 saturated heterocycles. The van der Waals surface area contributed by atoms with Crippen molar-refractivity contribution < 1.29 is 0 Å². The molecule has 128 valence electrons. The van der Waals surface area contributed by atoms with Crippen molar-refractivity contribution in [2.75, 3.05) is 16.8 Å². The zero-order valence-electron chi connectivity index (χ0n) is 15.0. The van der Waals surface area contributed by atoms with Crippen molar-refractivity contribution in [3.8, 4) is 0 Å². The van der Waals surface area contributed by atoms with Gasteiger partial charge in [0.15, 0.2) is 0 Å². The van der Waals surface area contributed by atoms with Gasteiger partial charge >= 0.3 is 0 Å². The molecule has 1 aromatic heterocycles. The van der Waals surface area contributed by atoms with Crippen LogP contribution in [-0.2, 0) is 6.42 Å². The molecule has 2 heterocycles. The van der Waals surface area contributed by atoms with Crippen LogP contribution in [0.3, 0.4) is 0 Å². The third-order valence-electron chi connectivity index (χ3n) is 4.85. The first kappa shape index (κ1) is 16.7. The van der Waals surface area contributed by atoms with Gasteiger partial charge in [0, 0.05) is 24.3 Å². The minimum Gasteiger partial charge on any atom is -0.353 e. The Balaban J connectivity index is 1.82. The fraction of sp³-hybridized carbons (Fsp3) is 0.500. The molecular formula is C20H28N4. The summed E-state index contributed by atoms with van der Waals surface area (Å²) in [6, 6.07) is 11.3. The van der Waals surface area contributed by atoms with Crippen LogP contribution in [-0.4, -0.2) is 22.6 Å². The predicted octanol–water partition coefficient (Wildman–Crippen LogP) is 4.86. The minimum absolute atomic E-state index is 0.602. The van der Waals surface area contributed by atoms with E-state index in [4.69, 9.17) is 4.98 Å². The number of rotatable bonds is 5. The fourth-order valence-electron chi connectivity index (χ4n) is 3.46. The maximum Gasteiger partial charge on any atom is 0.136 e. The molecule has 2 aromatic rings. The molecule has 0 spiro atoms. The first-order valence-corrected chi connectivity index (χ1v) is 9.18. The Hall–Kier alpha value is -2.10. The standard InChI is InChI=1S/C20H28N4/c1-4-16-9-11-17(12-10-16)23-19-14-20(22-15(3)21-19)24-13-7-6-8-18(24)5-2/h9-12,14,18H,4-8,13H2,1-3H3,(H,21,22,23). The van der Waals surface area contributed by atoms with E-state index in [1.165, 1.54) is 31.2 Å². The molecule has 0 bridgehead atoms. The zero-order chi connectivity index (χ0) is 16.9. The molecule has 0 amide bonds. The van der Waals surface area contributed by atoms with Crippen LogP contribution in [0, 0.1) is 6.92 Å². The van der Waals surface area contributed by atoms with Gasteiger partial charge in [0.25, 0.3) is 0 Å². The van der Waals surface area contributed by atoms with Gasteiger partial charge in [-0.25, -0.2) is 9.97 Å². The Labute approximate surface area is 145 Å². The molecule has 1 atom stereocenters. The molecule has 1 unspecified atom stereocenters. The van der Waals surface area contributed by atoms with Crippen LogP contribution in [0.25, 0.3) is 0 Å². The number of nitrogens with zero attached hydrogens (tertiary/aromatic N) is 3. The van der Waals surface area contributed by atoms with Gasteiger partial charge in [-0.15, -0.1) is 0 Å². The number of piperidine rings is 1. The molecule has 1 aliphatic rings. The van der Waals surface area contributed by atoms with Crippen LogP contribution in [0.5, 0.6) is 0 Å². The Morgan fingerprint density at radius 2 is 1.92 bits per heavy atom. The summed E-state index contributed by atoms with van der Waals surface area (Å²) >= 11 is 0. The maximum atomic E-state index is 4.70. The van der Waals surface area contributed by atoms with E-state index in [-0.39, 0.29) is 0 Å². The van der Waals surface area contributed by atoms with E-state index in [2.05, 4.69) is 59.4 Å². The highest BCUT2D eigenvalue weighted by Crippen LogP contribution is 2.27. The Kier molecular flexibility index (Phi) is 5.34. The lowest BCUT2D eigenvalue weighted by atomic mass is 10.00. The number of anilines is 3. The van der Waals surface area contributed by atoms with Crippen molar-refractivity contribution in [1.29, 1.82) is 0 Å². The van der Waals surface area contributed by atoms with Crippen LogP contribution in [0.1, 0.15) is 50.9 Å². The quantitative estimate of drug-likeness (QED) is 0.852. The summed E-state index contributed by atoms with van der Waals surface area (Å²) in [6.45, 7) is 7.51. The molecule has 1 N–H and O–H groups in total. The van der Waals surface area contributed by atoms with Crippen LogP contribution in [0.4, 0.5) is 17.3 Å². The minimum atomic E-state index is 0.602. The Bertz CT molecular complexity index is 666. The van der Waals surface area contributed by atoms with Gasteiger partial charge in [-0.2, -0.15) is 0 Å². The van der Waals surface area contributed by atoms with E-state index in [0.29, 0.717) is 6.04 Å². The zero-order valence-corrected chi connectivity index (χ0v) is 15.0. The smallest absolute Gasteiger partial charge is 0.136 e. The summed E-state index contributed by atoms with van der Waals surface area (Å²) in [5, 5.41) is 3.43. The van der Waals surface area contributed by atoms with Crippen molar-refractivity contribution in [2.45, 2.75) is 58.9 Å². The van der Waals surface area contributed by atoms with Crippen LogP contribution in [0.2, 0.25) is 0 Å². The van der Waals surface area contributed by atoms with E-state index in [1.807, 2.05) is 6.92 Å². The SMILES string of the molecule is CCc1ccc(Nc2cc(N3CCCCC3CC)nc(C)n2)cc1. The maximum absolute atomic E-state index is 4.70. The number of hydrogen-bond donors (Lipinski definition) is 1. The highest BCUT2D eigenvalue weighted by Gasteiger charge is 2.22. The average molecular weight is 324 g/mol.